The van der Waals surface area contributed by atoms with Crippen molar-refractivity contribution in [2.75, 3.05) is 10.6 Å². The molecule has 0 heterocycles. The van der Waals surface area contributed by atoms with Crippen molar-refractivity contribution in [3.8, 4) is 6.07 Å². The Balaban J connectivity index is 1.83. The second kappa shape index (κ2) is 7.92. The van der Waals surface area contributed by atoms with Crippen LogP contribution >= 0.6 is 23.2 Å². The number of nitriles is 1. The highest BCUT2D eigenvalue weighted by atomic mass is 35.5. The first-order valence-corrected chi connectivity index (χ1v) is 8.45. The number of amides is 1. The van der Waals surface area contributed by atoms with Gasteiger partial charge in [0.15, 0.2) is 0 Å². The van der Waals surface area contributed by atoms with Gasteiger partial charge < -0.3 is 10.6 Å². The predicted octanol–water partition coefficient (Wildman–Crippen LogP) is 5.60. The van der Waals surface area contributed by atoms with Gasteiger partial charge in [0.2, 0.25) is 0 Å². The largest absolute Gasteiger partial charge is 0.360 e. The molecule has 3 aromatic rings. The quantitative estimate of drug-likeness (QED) is 0.456. The molecule has 128 valence electrons. The molecule has 6 heteroatoms. The van der Waals surface area contributed by atoms with Crippen molar-refractivity contribution in [3.63, 3.8) is 0 Å². The lowest BCUT2D eigenvalue weighted by Crippen LogP contribution is -2.15. The van der Waals surface area contributed by atoms with Crippen LogP contribution in [0, 0.1) is 11.3 Å². The third kappa shape index (κ3) is 3.80. The zero-order valence-electron chi connectivity index (χ0n) is 13.5. The van der Waals surface area contributed by atoms with Crippen LogP contribution < -0.4 is 10.6 Å². The van der Waals surface area contributed by atoms with Gasteiger partial charge in [-0.2, -0.15) is 5.26 Å². The highest BCUT2D eigenvalue weighted by Crippen LogP contribution is 2.29. The molecule has 0 aliphatic carbocycles. The van der Waals surface area contributed by atoms with Gasteiger partial charge in [-0.05, 0) is 23.6 Å². The van der Waals surface area contributed by atoms with Gasteiger partial charge in [-0.1, -0.05) is 65.7 Å². The lowest BCUT2D eigenvalue weighted by Gasteiger charge is -2.09. The zero-order valence-corrected chi connectivity index (χ0v) is 15.0. The molecule has 4 nitrogen and oxygen atoms in total. The van der Waals surface area contributed by atoms with E-state index in [9.17, 15) is 10.1 Å². The Morgan fingerprint density at radius 3 is 2.46 bits per heavy atom. The van der Waals surface area contributed by atoms with E-state index in [2.05, 4.69) is 10.6 Å². The number of nitrogens with one attached hydrogen (secondary N) is 2. The zero-order chi connectivity index (χ0) is 18.5. The number of nitrogens with zero attached hydrogens (tertiary/aromatic N) is 1. The number of carbonyl (C=O) groups is 1. The van der Waals surface area contributed by atoms with E-state index in [1.165, 1.54) is 6.20 Å². The maximum absolute atomic E-state index is 12.3. The van der Waals surface area contributed by atoms with Crippen molar-refractivity contribution >= 4 is 51.3 Å². The van der Waals surface area contributed by atoms with E-state index in [1.807, 2.05) is 48.5 Å². The van der Waals surface area contributed by atoms with E-state index in [4.69, 9.17) is 23.2 Å². The molecule has 3 aromatic carbocycles. The lowest BCUT2D eigenvalue weighted by molar-refractivity contribution is -0.112. The molecule has 0 atom stereocenters. The van der Waals surface area contributed by atoms with Gasteiger partial charge in [-0.3, -0.25) is 4.79 Å². The molecule has 0 unspecified atom stereocenters. The summed E-state index contributed by atoms with van der Waals surface area (Å²) in [4.78, 5) is 12.3. The summed E-state index contributed by atoms with van der Waals surface area (Å²) < 4.78 is 0. The van der Waals surface area contributed by atoms with Gasteiger partial charge >= 0.3 is 0 Å². The van der Waals surface area contributed by atoms with Crippen LogP contribution in [0.4, 0.5) is 11.4 Å². The van der Waals surface area contributed by atoms with Crippen LogP contribution in [-0.4, -0.2) is 5.91 Å². The van der Waals surface area contributed by atoms with Gasteiger partial charge in [-0.15, -0.1) is 0 Å². The van der Waals surface area contributed by atoms with Crippen LogP contribution in [0.3, 0.4) is 0 Å². The molecule has 0 aliphatic rings. The molecule has 0 aliphatic heterocycles. The molecule has 0 saturated carbocycles. The number of carbonyl (C=O) groups excluding carboxylic acids is 1. The van der Waals surface area contributed by atoms with Crippen molar-refractivity contribution in [1.82, 2.24) is 0 Å². The number of rotatable bonds is 4. The second-order valence-corrected chi connectivity index (χ2v) is 6.18. The van der Waals surface area contributed by atoms with Crippen LogP contribution in [0.1, 0.15) is 0 Å². The van der Waals surface area contributed by atoms with Crippen LogP contribution in [0.25, 0.3) is 10.8 Å². The Bertz CT molecular complexity index is 1050. The molecule has 26 heavy (non-hydrogen) atoms. The van der Waals surface area contributed by atoms with E-state index >= 15 is 0 Å². The highest BCUT2D eigenvalue weighted by molar-refractivity contribution is 6.44. The molecule has 0 radical (unpaired) electrons. The van der Waals surface area contributed by atoms with Gasteiger partial charge in [-0.25, -0.2) is 0 Å². The summed E-state index contributed by atoms with van der Waals surface area (Å²) in [6.45, 7) is 0. The minimum Gasteiger partial charge on any atom is -0.360 e. The lowest BCUT2D eigenvalue weighted by atomic mass is 10.1. The summed E-state index contributed by atoms with van der Waals surface area (Å²) in [5.41, 5.74) is 1.05. The summed E-state index contributed by atoms with van der Waals surface area (Å²) >= 11 is 12.0. The average Bonchev–Trinajstić information content (AvgIpc) is 2.66. The summed E-state index contributed by atoms with van der Waals surface area (Å²) in [5, 5.41) is 17.5. The maximum Gasteiger partial charge on any atom is 0.267 e. The van der Waals surface area contributed by atoms with Crippen molar-refractivity contribution in [2.45, 2.75) is 0 Å². The Morgan fingerprint density at radius 2 is 1.65 bits per heavy atom. The molecule has 0 saturated heterocycles. The monoisotopic (exact) mass is 381 g/mol. The third-order valence-corrected chi connectivity index (χ3v) is 4.55. The standard InChI is InChI=1S/C20H13Cl2N3O/c21-16-8-4-10-18(19(16)22)25-20(26)14(11-23)12-24-17-9-3-6-13-5-1-2-7-15(13)17/h1-10,12,24H,(H,25,26)/b14-12-. The normalized spacial score (nSPS) is 11.0. The average molecular weight is 382 g/mol. The van der Waals surface area contributed by atoms with Gasteiger partial charge in [0.25, 0.3) is 5.91 Å². The van der Waals surface area contributed by atoms with E-state index in [-0.39, 0.29) is 10.6 Å². The van der Waals surface area contributed by atoms with E-state index in [0.29, 0.717) is 10.7 Å². The number of fused-ring (bicyclic) bond motifs is 1. The molecular formula is C20H13Cl2N3O. The Kier molecular flexibility index (Phi) is 5.43. The fourth-order valence-corrected chi connectivity index (χ4v) is 2.79. The number of halogens is 2. The van der Waals surface area contributed by atoms with Crippen LogP contribution in [0.2, 0.25) is 10.0 Å². The summed E-state index contributed by atoms with van der Waals surface area (Å²) in [6, 6.07) is 20.4. The summed E-state index contributed by atoms with van der Waals surface area (Å²) in [7, 11) is 0. The number of hydrogen-bond acceptors (Lipinski definition) is 3. The third-order valence-electron chi connectivity index (χ3n) is 3.73. The summed E-state index contributed by atoms with van der Waals surface area (Å²) in [6.07, 6.45) is 1.37. The molecule has 1 amide bonds. The number of anilines is 2. The number of benzene rings is 3. The molecule has 3 rings (SSSR count). The Hall–Kier alpha value is -3.00. The minimum absolute atomic E-state index is 0.0889. The smallest absolute Gasteiger partial charge is 0.267 e. The van der Waals surface area contributed by atoms with Gasteiger partial charge in [0, 0.05) is 17.3 Å². The molecule has 2 N–H and O–H groups in total. The van der Waals surface area contributed by atoms with Crippen LogP contribution in [-0.2, 0) is 4.79 Å². The van der Waals surface area contributed by atoms with Crippen molar-refractivity contribution in [3.05, 3.63) is 82.5 Å². The molecule has 0 spiro atoms. The first-order valence-electron chi connectivity index (χ1n) is 7.70. The van der Waals surface area contributed by atoms with E-state index < -0.39 is 5.91 Å². The topological polar surface area (TPSA) is 64.9 Å². The second-order valence-electron chi connectivity index (χ2n) is 5.40. The number of hydrogen-bond donors (Lipinski definition) is 2. The van der Waals surface area contributed by atoms with Crippen molar-refractivity contribution < 1.29 is 4.79 Å². The molecule has 0 fully saturated rings. The SMILES string of the molecule is N#C/C(=C/Nc1cccc2ccccc12)C(=O)Nc1cccc(Cl)c1Cl. The summed E-state index contributed by atoms with van der Waals surface area (Å²) in [5.74, 6) is -0.579. The molecular weight excluding hydrogens is 369 g/mol. The van der Waals surface area contributed by atoms with E-state index in [1.54, 1.807) is 18.2 Å². The first kappa shape index (κ1) is 17.8. The van der Waals surface area contributed by atoms with Gasteiger partial charge in [0.05, 0.1) is 15.7 Å². The minimum atomic E-state index is -0.579. The fraction of sp³-hybridized carbons (Fsp3) is 0. The molecule has 0 aromatic heterocycles. The maximum atomic E-state index is 12.3. The Labute approximate surface area is 160 Å². The highest BCUT2D eigenvalue weighted by Gasteiger charge is 2.12. The van der Waals surface area contributed by atoms with Crippen molar-refractivity contribution in [1.29, 1.82) is 5.26 Å². The Morgan fingerprint density at radius 1 is 0.962 bits per heavy atom. The van der Waals surface area contributed by atoms with Crippen LogP contribution in [0.15, 0.2) is 72.4 Å². The van der Waals surface area contributed by atoms with Crippen molar-refractivity contribution in [2.24, 2.45) is 0 Å². The van der Waals surface area contributed by atoms with E-state index in [0.717, 1.165) is 16.5 Å². The first-order chi connectivity index (χ1) is 12.6. The fourth-order valence-electron chi connectivity index (χ4n) is 2.44. The predicted molar refractivity (Wildman–Crippen MR) is 106 cm³/mol. The van der Waals surface area contributed by atoms with Crippen LogP contribution in [0.5, 0.6) is 0 Å². The molecule has 0 bridgehead atoms. The van der Waals surface area contributed by atoms with Gasteiger partial charge in [0.1, 0.15) is 11.6 Å².